The van der Waals surface area contributed by atoms with Crippen molar-refractivity contribution in [3.8, 4) is 0 Å². The van der Waals surface area contributed by atoms with E-state index in [-0.39, 0.29) is 11.3 Å². The molecule has 1 aromatic heterocycles. The molecule has 3 aliphatic rings. The van der Waals surface area contributed by atoms with Gasteiger partial charge >= 0.3 is 0 Å². The Bertz CT molecular complexity index is 715. The fourth-order valence-electron chi connectivity index (χ4n) is 4.00. The average Bonchev–Trinajstić information content (AvgIpc) is 3.19. The van der Waals surface area contributed by atoms with E-state index in [1.54, 1.807) is 4.31 Å². The summed E-state index contributed by atoms with van der Waals surface area (Å²) in [6.07, 6.45) is 5.02. The summed E-state index contributed by atoms with van der Waals surface area (Å²) in [6, 6.07) is 0.259. The minimum absolute atomic E-state index is 0.126. The van der Waals surface area contributed by atoms with Crippen molar-refractivity contribution in [2.75, 3.05) is 19.6 Å². The van der Waals surface area contributed by atoms with Crippen LogP contribution in [0.3, 0.4) is 0 Å². The lowest BCUT2D eigenvalue weighted by molar-refractivity contribution is 0.323. The van der Waals surface area contributed by atoms with Gasteiger partial charge in [-0.1, -0.05) is 0 Å². The van der Waals surface area contributed by atoms with Crippen LogP contribution >= 0.6 is 0 Å². The van der Waals surface area contributed by atoms with E-state index in [4.69, 9.17) is 5.10 Å². The zero-order valence-electron chi connectivity index (χ0n) is 14.7. The first kappa shape index (κ1) is 16.5. The minimum atomic E-state index is -3.11. The van der Waals surface area contributed by atoms with E-state index >= 15 is 0 Å². The number of aromatic nitrogens is 2. The first-order valence-electron chi connectivity index (χ1n) is 9.27. The van der Waals surface area contributed by atoms with Crippen LogP contribution in [0.15, 0.2) is 0 Å². The summed E-state index contributed by atoms with van der Waals surface area (Å²) >= 11 is 0. The molecule has 3 heterocycles. The molecule has 0 N–H and O–H groups in total. The Labute approximate surface area is 144 Å². The maximum absolute atomic E-state index is 12.6. The molecule has 1 saturated carbocycles. The van der Waals surface area contributed by atoms with E-state index in [2.05, 4.69) is 23.4 Å². The highest BCUT2D eigenvalue weighted by Gasteiger charge is 2.42. The van der Waals surface area contributed by atoms with Crippen molar-refractivity contribution in [3.05, 3.63) is 17.0 Å². The number of sulfonamides is 1. The Morgan fingerprint density at radius 1 is 1.17 bits per heavy atom. The van der Waals surface area contributed by atoms with Crippen LogP contribution in [-0.2, 0) is 29.5 Å². The van der Waals surface area contributed by atoms with Gasteiger partial charge in [0.25, 0.3) is 0 Å². The lowest BCUT2D eigenvalue weighted by Gasteiger charge is -2.28. The number of nitrogens with zero attached hydrogens (tertiary/aromatic N) is 4. The second-order valence-electron chi connectivity index (χ2n) is 7.72. The molecule has 0 amide bonds. The summed E-state index contributed by atoms with van der Waals surface area (Å²) in [5.74, 6) is 0. The molecule has 1 aliphatic carbocycles. The lowest BCUT2D eigenvalue weighted by atomic mass is 10.1. The summed E-state index contributed by atoms with van der Waals surface area (Å²) in [6.45, 7) is 8.60. The Morgan fingerprint density at radius 3 is 2.50 bits per heavy atom. The minimum Gasteiger partial charge on any atom is -0.297 e. The van der Waals surface area contributed by atoms with Gasteiger partial charge < -0.3 is 0 Å². The number of hydrogen-bond donors (Lipinski definition) is 0. The van der Waals surface area contributed by atoms with Gasteiger partial charge in [0.05, 0.1) is 23.2 Å². The number of hydrogen-bond acceptors (Lipinski definition) is 4. The van der Waals surface area contributed by atoms with Crippen molar-refractivity contribution in [3.63, 3.8) is 0 Å². The van der Waals surface area contributed by atoms with Crippen molar-refractivity contribution >= 4 is 10.0 Å². The Balaban J connectivity index is 1.62. The van der Waals surface area contributed by atoms with Crippen molar-refractivity contribution in [2.45, 2.75) is 70.3 Å². The standard InChI is InChI=1S/C17H28N4O2S/c1-13(2)21-17-12-20(24(22,23)14-5-6-14)10-7-15(17)16(18-21)11-19-8-3-4-9-19/h13-14H,3-12H2,1-2H3. The zero-order valence-corrected chi connectivity index (χ0v) is 15.6. The normalized spacial score (nSPS) is 23.1. The molecule has 0 unspecified atom stereocenters. The smallest absolute Gasteiger partial charge is 0.217 e. The summed E-state index contributed by atoms with van der Waals surface area (Å²) < 4.78 is 29.0. The quantitative estimate of drug-likeness (QED) is 0.812. The molecule has 1 aromatic rings. The second-order valence-corrected chi connectivity index (χ2v) is 9.93. The highest BCUT2D eigenvalue weighted by Crippen LogP contribution is 2.35. The average molecular weight is 353 g/mol. The topological polar surface area (TPSA) is 58.4 Å². The molecule has 134 valence electrons. The Hall–Kier alpha value is -0.920. The van der Waals surface area contributed by atoms with Gasteiger partial charge in [-0.25, -0.2) is 8.42 Å². The fourth-order valence-corrected chi connectivity index (χ4v) is 5.80. The van der Waals surface area contributed by atoms with Crippen molar-refractivity contribution < 1.29 is 8.42 Å². The molecule has 0 radical (unpaired) electrons. The van der Waals surface area contributed by atoms with Crippen LogP contribution in [0.4, 0.5) is 0 Å². The van der Waals surface area contributed by atoms with E-state index < -0.39 is 10.0 Å². The first-order chi connectivity index (χ1) is 11.5. The molecular formula is C17H28N4O2S. The maximum Gasteiger partial charge on any atom is 0.217 e. The van der Waals surface area contributed by atoms with Crippen LogP contribution < -0.4 is 0 Å². The van der Waals surface area contributed by atoms with Crippen LogP contribution in [0.5, 0.6) is 0 Å². The molecule has 24 heavy (non-hydrogen) atoms. The fraction of sp³-hybridized carbons (Fsp3) is 0.824. The highest BCUT2D eigenvalue weighted by atomic mass is 32.2. The summed E-state index contributed by atoms with van der Waals surface area (Å²) in [5.41, 5.74) is 3.59. The second kappa shape index (κ2) is 6.11. The number of rotatable bonds is 5. The maximum atomic E-state index is 12.6. The molecule has 0 atom stereocenters. The Kier molecular flexibility index (Phi) is 4.21. The van der Waals surface area contributed by atoms with Crippen molar-refractivity contribution in [1.82, 2.24) is 19.0 Å². The number of likely N-dealkylation sites (tertiary alicyclic amines) is 1. The molecule has 6 nitrogen and oxygen atoms in total. The molecule has 2 aliphatic heterocycles. The van der Waals surface area contributed by atoms with Crippen LogP contribution in [0, 0.1) is 0 Å². The summed E-state index contributed by atoms with van der Waals surface area (Å²) in [4.78, 5) is 2.47. The van der Waals surface area contributed by atoms with Crippen molar-refractivity contribution in [1.29, 1.82) is 0 Å². The zero-order chi connectivity index (χ0) is 16.9. The molecular weight excluding hydrogens is 324 g/mol. The largest absolute Gasteiger partial charge is 0.297 e. The molecule has 1 saturated heterocycles. The molecule has 2 fully saturated rings. The third-order valence-electron chi connectivity index (χ3n) is 5.51. The first-order valence-corrected chi connectivity index (χ1v) is 10.8. The van der Waals surface area contributed by atoms with Crippen LogP contribution in [0.1, 0.15) is 62.5 Å². The summed E-state index contributed by atoms with van der Waals surface area (Å²) in [5, 5.41) is 4.76. The molecule has 0 spiro atoms. The van der Waals surface area contributed by atoms with Crippen molar-refractivity contribution in [2.24, 2.45) is 0 Å². The molecule has 7 heteroatoms. The van der Waals surface area contributed by atoms with Gasteiger partial charge in [-0.05, 0) is 59.0 Å². The molecule has 4 rings (SSSR count). The lowest BCUT2D eigenvalue weighted by Crippen LogP contribution is -2.39. The van der Waals surface area contributed by atoms with Gasteiger partial charge in [-0.15, -0.1) is 0 Å². The van der Waals surface area contributed by atoms with E-state index in [0.29, 0.717) is 13.1 Å². The van der Waals surface area contributed by atoms with Gasteiger partial charge in [0.15, 0.2) is 0 Å². The van der Waals surface area contributed by atoms with Gasteiger partial charge in [0.1, 0.15) is 0 Å². The van der Waals surface area contributed by atoms with E-state index in [0.717, 1.165) is 44.6 Å². The molecule has 0 aromatic carbocycles. The third kappa shape index (κ3) is 2.91. The third-order valence-corrected chi connectivity index (χ3v) is 7.85. The molecule has 0 bridgehead atoms. The SMILES string of the molecule is CC(C)n1nc(CN2CCCC2)c2c1CN(S(=O)(=O)C1CC1)CC2. The van der Waals surface area contributed by atoms with Gasteiger partial charge in [0, 0.05) is 24.7 Å². The van der Waals surface area contributed by atoms with E-state index in [1.165, 1.54) is 24.1 Å². The predicted molar refractivity (Wildman–Crippen MR) is 93.2 cm³/mol. The predicted octanol–water partition coefficient (Wildman–Crippen LogP) is 1.91. The Morgan fingerprint density at radius 2 is 1.88 bits per heavy atom. The van der Waals surface area contributed by atoms with Gasteiger partial charge in [0.2, 0.25) is 10.0 Å². The van der Waals surface area contributed by atoms with E-state index in [1.807, 2.05) is 0 Å². The van der Waals surface area contributed by atoms with Crippen LogP contribution in [-0.4, -0.2) is 52.3 Å². The van der Waals surface area contributed by atoms with Crippen LogP contribution in [0.2, 0.25) is 0 Å². The van der Waals surface area contributed by atoms with Gasteiger partial charge in [-0.3, -0.25) is 9.58 Å². The highest BCUT2D eigenvalue weighted by molar-refractivity contribution is 7.90. The summed E-state index contributed by atoms with van der Waals surface area (Å²) in [7, 11) is -3.11. The number of fused-ring (bicyclic) bond motifs is 1. The monoisotopic (exact) mass is 352 g/mol. The van der Waals surface area contributed by atoms with E-state index in [9.17, 15) is 8.42 Å². The van der Waals surface area contributed by atoms with Gasteiger partial charge in [-0.2, -0.15) is 9.40 Å². The van der Waals surface area contributed by atoms with Crippen LogP contribution in [0.25, 0.3) is 0 Å².